The molecule has 0 radical (unpaired) electrons. The summed E-state index contributed by atoms with van der Waals surface area (Å²) < 4.78 is 5.15. The smallest absolute Gasteiger partial charge is 0.288 e. The standard InChI is InChI=1S/C18H25ClO4/c1-2-3-4-5-6-7-8-15-9-11-16(12-10-15)23-18(22,14-21)17(19)13-20/h9-14,17,22H,2-8H2,1H3. The first-order valence-electron chi connectivity index (χ1n) is 8.11. The third-order valence-corrected chi connectivity index (χ3v) is 4.12. The molecule has 23 heavy (non-hydrogen) atoms. The molecule has 0 aromatic heterocycles. The number of hydrogen-bond donors (Lipinski definition) is 1. The number of carbonyl (C=O) groups excluding carboxylic acids is 2. The lowest BCUT2D eigenvalue weighted by atomic mass is 10.0. The molecule has 0 fully saturated rings. The Hall–Kier alpha value is -1.39. The zero-order valence-corrected chi connectivity index (χ0v) is 14.3. The molecule has 0 amide bonds. The minimum Gasteiger partial charge on any atom is -0.453 e. The van der Waals surface area contributed by atoms with Gasteiger partial charge in [0.05, 0.1) is 0 Å². The summed E-state index contributed by atoms with van der Waals surface area (Å²) >= 11 is 5.60. The van der Waals surface area contributed by atoms with Gasteiger partial charge in [-0.15, -0.1) is 11.6 Å². The number of ether oxygens (including phenoxy) is 1. The van der Waals surface area contributed by atoms with Gasteiger partial charge in [-0.05, 0) is 30.5 Å². The first-order chi connectivity index (χ1) is 11.1. The van der Waals surface area contributed by atoms with Gasteiger partial charge in [-0.2, -0.15) is 0 Å². The summed E-state index contributed by atoms with van der Waals surface area (Å²) in [7, 11) is 0. The number of alkyl halides is 1. The second kappa shape index (κ2) is 10.4. The molecule has 0 saturated carbocycles. The zero-order valence-electron chi connectivity index (χ0n) is 13.5. The van der Waals surface area contributed by atoms with Crippen LogP contribution >= 0.6 is 11.6 Å². The van der Waals surface area contributed by atoms with Gasteiger partial charge in [0.25, 0.3) is 5.79 Å². The average Bonchev–Trinajstić information content (AvgIpc) is 2.58. The van der Waals surface area contributed by atoms with Crippen LogP contribution in [0.3, 0.4) is 0 Å². The zero-order chi connectivity index (χ0) is 17.1. The quantitative estimate of drug-likeness (QED) is 0.273. The number of halogens is 1. The van der Waals surface area contributed by atoms with Crippen LogP contribution in [-0.2, 0) is 16.0 Å². The van der Waals surface area contributed by atoms with Crippen LogP contribution in [0.25, 0.3) is 0 Å². The number of hydrogen-bond acceptors (Lipinski definition) is 4. The molecule has 128 valence electrons. The summed E-state index contributed by atoms with van der Waals surface area (Å²) in [6.45, 7) is 2.21. The van der Waals surface area contributed by atoms with E-state index in [0.717, 1.165) is 12.8 Å². The molecule has 0 bridgehead atoms. The summed E-state index contributed by atoms with van der Waals surface area (Å²) in [5, 5.41) is 8.45. The van der Waals surface area contributed by atoms with E-state index in [4.69, 9.17) is 16.3 Å². The van der Waals surface area contributed by atoms with Crippen molar-refractivity contribution >= 4 is 24.2 Å². The summed E-state index contributed by atoms with van der Waals surface area (Å²) in [4.78, 5) is 21.6. The van der Waals surface area contributed by atoms with E-state index >= 15 is 0 Å². The second-order valence-electron chi connectivity index (χ2n) is 5.67. The third kappa shape index (κ3) is 6.71. The molecular weight excluding hydrogens is 316 g/mol. The van der Waals surface area contributed by atoms with Crippen LogP contribution in [0.2, 0.25) is 0 Å². The Kier molecular flexibility index (Phi) is 8.89. The van der Waals surface area contributed by atoms with E-state index in [1.807, 2.05) is 12.1 Å². The normalized spacial score (nSPS) is 14.7. The van der Waals surface area contributed by atoms with Gasteiger partial charge in [0.1, 0.15) is 12.0 Å². The molecule has 1 N–H and O–H groups in total. The van der Waals surface area contributed by atoms with Crippen molar-refractivity contribution in [2.45, 2.75) is 63.0 Å². The van der Waals surface area contributed by atoms with Crippen molar-refractivity contribution in [3.05, 3.63) is 29.8 Å². The van der Waals surface area contributed by atoms with Gasteiger partial charge in [0.2, 0.25) is 0 Å². The Balaban J connectivity index is 2.46. The highest BCUT2D eigenvalue weighted by atomic mass is 35.5. The summed E-state index contributed by atoms with van der Waals surface area (Å²) in [5.41, 5.74) is 1.17. The van der Waals surface area contributed by atoms with Gasteiger partial charge >= 0.3 is 0 Å². The molecule has 0 aliphatic carbocycles. The second-order valence-corrected chi connectivity index (χ2v) is 6.14. The molecule has 1 aromatic carbocycles. The fourth-order valence-corrected chi connectivity index (χ4v) is 2.36. The number of aliphatic hydroxyl groups is 1. The van der Waals surface area contributed by atoms with Gasteiger partial charge in [0.15, 0.2) is 11.7 Å². The summed E-state index contributed by atoms with van der Waals surface area (Å²) in [5.74, 6) is -2.05. The molecule has 0 spiro atoms. The summed E-state index contributed by atoms with van der Waals surface area (Å²) in [6.07, 6.45) is 8.85. The molecular formula is C18H25ClO4. The van der Waals surface area contributed by atoms with E-state index in [1.54, 1.807) is 12.1 Å². The minimum atomic E-state index is -2.34. The van der Waals surface area contributed by atoms with Crippen molar-refractivity contribution in [3.63, 3.8) is 0 Å². The number of aryl methyl sites for hydroxylation is 1. The maximum atomic E-state index is 10.9. The molecule has 0 aliphatic rings. The van der Waals surface area contributed by atoms with Crippen LogP contribution in [0.4, 0.5) is 0 Å². The first-order valence-corrected chi connectivity index (χ1v) is 8.55. The van der Waals surface area contributed by atoms with Gasteiger partial charge in [-0.3, -0.25) is 4.79 Å². The molecule has 4 nitrogen and oxygen atoms in total. The highest BCUT2D eigenvalue weighted by Crippen LogP contribution is 2.22. The van der Waals surface area contributed by atoms with Gasteiger partial charge in [-0.1, -0.05) is 51.2 Å². The van der Waals surface area contributed by atoms with E-state index in [9.17, 15) is 14.7 Å². The van der Waals surface area contributed by atoms with Crippen molar-refractivity contribution in [2.24, 2.45) is 0 Å². The Morgan fingerprint density at radius 2 is 1.74 bits per heavy atom. The predicted molar refractivity (Wildman–Crippen MR) is 90.9 cm³/mol. The molecule has 0 heterocycles. The van der Waals surface area contributed by atoms with E-state index in [-0.39, 0.29) is 12.6 Å². The maximum absolute atomic E-state index is 10.9. The van der Waals surface area contributed by atoms with Gasteiger partial charge in [-0.25, -0.2) is 0 Å². The number of unbranched alkanes of at least 4 members (excludes halogenated alkanes) is 5. The minimum absolute atomic E-state index is 0.128. The van der Waals surface area contributed by atoms with Gasteiger partial charge < -0.3 is 14.6 Å². The highest BCUT2D eigenvalue weighted by molar-refractivity contribution is 6.29. The SMILES string of the molecule is CCCCCCCCc1ccc(OC(O)(C=O)C(Cl)C=O)cc1. The number of benzene rings is 1. The van der Waals surface area contributed by atoms with Crippen LogP contribution < -0.4 is 4.74 Å². The molecule has 2 atom stereocenters. The molecule has 0 aliphatic heterocycles. The van der Waals surface area contributed by atoms with Crippen LogP contribution in [0.15, 0.2) is 24.3 Å². The lowest BCUT2D eigenvalue weighted by Crippen LogP contribution is -2.47. The van der Waals surface area contributed by atoms with E-state index < -0.39 is 11.2 Å². The number of aldehydes is 2. The van der Waals surface area contributed by atoms with Crippen molar-refractivity contribution < 1.29 is 19.4 Å². The van der Waals surface area contributed by atoms with Crippen molar-refractivity contribution in [1.29, 1.82) is 0 Å². The van der Waals surface area contributed by atoms with E-state index in [2.05, 4.69) is 6.92 Å². The molecule has 2 unspecified atom stereocenters. The Morgan fingerprint density at radius 1 is 1.13 bits per heavy atom. The Bertz CT molecular complexity index is 474. The lowest BCUT2D eigenvalue weighted by Gasteiger charge is -2.24. The van der Waals surface area contributed by atoms with Crippen molar-refractivity contribution in [3.8, 4) is 5.75 Å². The van der Waals surface area contributed by atoms with Crippen LogP contribution in [0.5, 0.6) is 5.75 Å². The molecule has 1 aromatic rings. The van der Waals surface area contributed by atoms with Crippen molar-refractivity contribution in [2.75, 3.05) is 0 Å². The number of carbonyl (C=O) groups is 2. The topological polar surface area (TPSA) is 63.6 Å². The lowest BCUT2D eigenvalue weighted by molar-refractivity contribution is -0.160. The molecule has 5 heteroatoms. The van der Waals surface area contributed by atoms with Crippen molar-refractivity contribution in [1.82, 2.24) is 0 Å². The monoisotopic (exact) mass is 340 g/mol. The van der Waals surface area contributed by atoms with E-state index in [0.29, 0.717) is 5.75 Å². The van der Waals surface area contributed by atoms with E-state index in [1.165, 1.54) is 37.7 Å². The van der Waals surface area contributed by atoms with Crippen LogP contribution in [-0.4, -0.2) is 28.8 Å². The number of rotatable bonds is 12. The first kappa shape index (κ1) is 19.7. The van der Waals surface area contributed by atoms with Crippen LogP contribution in [0.1, 0.15) is 51.0 Å². The van der Waals surface area contributed by atoms with Gasteiger partial charge in [0, 0.05) is 0 Å². The highest BCUT2D eigenvalue weighted by Gasteiger charge is 2.38. The Labute approximate surface area is 142 Å². The largest absolute Gasteiger partial charge is 0.453 e. The third-order valence-electron chi connectivity index (χ3n) is 3.71. The fourth-order valence-electron chi connectivity index (χ4n) is 2.27. The molecule has 1 rings (SSSR count). The average molecular weight is 341 g/mol. The maximum Gasteiger partial charge on any atom is 0.288 e. The Morgan fingerprint density at radius 3 is 2.30 bits per heavy atom. The molecule has 0 saturated heterocycles. The van der Waals surface area contributed by atoms with Crippen LogP contribution in [0, 0.1) is 0 Å². The predicted octanol–water partition coefficient (Wildman–Crippen LogP) is 3.66. The fraction of sp³-hybridized carbons (Fsp3) is 0.556. The summed E-state index contributed by atoms with van der Waals surface area (Å²) in [6, 6.07) is 7.10.